The summed E-state index contributed by atoms with van der Waals surface area (Å²) in [6.07, 6.45) is -2.88. The second kappa shape index (κ2) is 48.4. The number of nitrogens with two attached hydrogens (primary N) is 2. The molecule has 28 heteroatoms. The molecule has 0 unspecified atom stereocenters. The lowest BCUT2D eigenvalue weighted by atomic mass is 10.4. The molecule has 0 radical (unpaired) electrons. The fourth-order valence-corrected chi connectivity index (χ4v) is 14.8. The van der Waals surface area contributed by atoms with E-state index < -0.39 is 56.6 Å². The van der Waals surface area contributed by atoms with Crippen LogP contribution in [0.5, 0.6) is 0 Å². The summed E-state index contributed by atoms with van der Waals surface area (Å²) in [5.41, 5.74) is 10.8. The lowest BCUT2D eigenvalue weighted by Crippen LogP contribution is -2.54. The molecule has 68 heavy (non-hydrogen) atoms. The number of hydrogen-bond donors (Lipinski definition) is 3. The smallest absolute Gasteiger partial charge is 0.377 e. The van der Waals surface area contributed by atoms with Crippen molar-refractivity contribution in [3.63, 3.8) is 0 Å². The van der Waals surface area contributed by atoms with Gasteiger partial charge in [0.05, 0.1) is 6.07 Å². The fourth-order valence-electron chi connectivity index (χ4n) is 5.39. The lowest BCUT2D eigenvalue weighted by molar-refractivity contribution is -0.132. The number of alkyl halides is 3. The van der Waals surface area contributed by atoms with Gasteiger partial charge < -0.3 is 83.2 Å². The first-order valence-electron chi connectivity index (χ1n) is 22.5. The zero-order valence-electron chi connectivity index (χ0n) is 44.6. The van der Waals surface area contributed by atoms with Crippen molar-refractivity contribution in [2.24, 2.45) is 11.5 Å². The average molecular weight is 1100 g/mol. The Balaban J connectivity index is -0.000000240. The molecule has 408 valence electrons. The first kappa shape index (κ1) is 76.0. The normalized spacial score (nSPS) is 11.8. The van der Waals surface area contributed by atoms with E-state index in [1.54, 1.807) is 42.7 Å². The standard InChI is InChI=1S/C9H23NO3Si.C9H14O3Si.C8H22N2O3Si.C6H13F3O3Si.C6H13NO3Si.C2H8Si/c1-4-11-14(12-5-2,13-6-3)9-7-8-10;1-10-13(11-2,12-3)9-7-5-4-6-8-9;1-11-14(12-2,13-3)8-4-6-10-7-5-9;1-10-13(11-2,12-3)5-4-6(7,8)9;1-8-11(9-2,10-3)6-4-5-7;1-2-3/h4-10H2,1-3H3;4-8H,1-3H3;10H,4-9H2,1-3H3;4-5H2,1-3H3;4,6H2,1-3H3;2H2,1,3H3. The molecule has 5 N–H and O–H groups in total. The fraction of sp³-hybridized carbons (Fsp3) is 0.825. The molecule has 0 aliphatic rings. The van der Waals surface area contributed by atoms with E-state index in [0.717, 1.165) is 43.2 Å². The molecule has 0 aromatic heterocycles. The van der Waals surface area contributed by atoms with Crippen molar-refractivity contribution in [2.75, 3.05) is 131 Å². The van der Waals surface area contributed by atoms with E-state index in [0.29, 0.717) is 45.4 Å². The molecular formula is C40H93F3N4O15Si6. The number of nitriles is 1. The molecule has 0 aliphatic carbocycles. The molecule has 19 nitrogen and oxygen atoms in total. The van der Waals surface area contributed by atoms with E-state index in [2.05, 4.69) is 12.2 Å². The van der Waals surface area contributed by atoms with Crippen LogP contribution in [0.4, 0.5) is 13.2 Å². The van der Waals surface area contributed by atoms with Crippen molar-refractivity contribution in [2.45, 2.75) is 89.8 Å². The number of nitrogens with zero attached hydrogens (tertiary/aromatic N) is 1. The summed E-state index contributed by atoms with van der Waals surface area (Å²) in [5, 5.41) is 12.5. The Labute approximate surface area is 417 Å². The SMILES string of the molecule is CCO[Si](CCCN)(OCC)OCC.CC[SiH3].CO[Si](CCC#N)(OC)OC.CO[Si](CCC(F)(F)F)(OC)OC.CO[Si](CCCNCCN)(OC)OC.CO[Si](OC)(OC)c1ccccc1. The van der Waals surface area contributed by atoms with Gasteiger partial charge in [0.1, 0.15) is 0 Å². The molecule has 0 atom stereocenters. The highest BCUT2D eigenvalue weighted by Crippen LogP contribution is 2.27. The van der Waals surface area contributed by atoms with Crippen LogP contribution in [-0.2, 0) is 66.4 Å². The van der Waals surface area contributed by atoms with Gasteiger partial charge in [-0.15, -0.1) is 0 Å². The third-order valence-corrected chi connectivity index (χ3v) is 23.0. The van der Waals surface area contributed by atoms with E-state index in [9.17, 15) is 13.2 Å². The molecule has 0 heterocycles. The van der Waals surface area contributed by atoms with Gasteiger partial charge in [0.2, 0.25) is 0 Å². The van der Waals surface area contributed by atoms with Gasteiger partial charge in [-0.05, 0) is 46.7 Å². The molecule has 0 saturated heterocycles. The number of benzene rings is 1. The van der Waals surface area contributed by atoms with Crippen LogP contribution in [-0.4, -0.2) is 192 Å². The van der Waals surface area contributed by atoms with Crippen LogP contribution in [0.1, 0.15) is 53.4 Å². The monoisotopic (exact) mass is 1090 g/mol. The lowest BCUT2D eigenvalue weighted by Gasteiger charge is -2.28. The van der Waals surface area contributed by atoms with Crippen LogP contribution < -0.4 is 22.0 Å². The second-order valence-electron chi connectivity index (χ2n) is 13.4. The summed E-state index contributed by atoms with van der Waals surface area (Å²) in [4.78, 5) is 0. The Bertz CT molecular complexity index is 1200. The van der Waals surface area contributed by atoms with E-state index in [1.165, 1.54) is 58.9 Å². The molecule has 1 aromatic carbocycles. The molecule has 0 aliphatic heterocycles. The van der Waals surface area contributed by atoms with E-state index >= 15 is 0 Å². The Morgan fingerprint density at radius 3 is 1.22 bits per heavy atom. The molecule has 0 saturated carbocycles. The summed E-state index contributed by atoms with van der Waals surface area (Å²) in [5.74, 6) is 0. The summed E-state index contributed by atoms with van der Waals surface area (Å²) in [6, 6.07) is 15.1. The van der Waals surface area contributed by atoms with Crippen molar-refractivity contribution in [3.8, 4) is 6.07 Å². The first-order valence-corrected chi connectivity index (χ1v) is 33.3. The Morgan fingerprint density at radius 1 is 0.544 bits per heavy atom. The number of hydrogen-bond acceptors (Lipinski definition) is 19. The minimum Gasteiger partial charge on any atom is -0.377 e. The largest absolute Gasteiger partial charge is 0.536 e. The molecule has 0 amide bonds. The second-order valence-corrected chi connectivity index (χ2v) is 29.8. The predicted molar refractivity (Wildman–Crippen MR) is 275 cm³/mol. The van der Waals surface area contributed by atoms with E-state index in [-0.39, 0.29) is 6.04 Å². The van der Waals surface area contributed by atoms with Gasteiger partial charge in [0, 0.05) is 171 Å². The minimum absolute atomic E-state index is 0.250. The topological polar surface area (TPSA) is 226 Å². The van der Waals surface area contributed by atoms with E-state index in [1.807, 2.05) is 57.2 Å². The number of rotatable bonds is 32. The highest BCUT2D eigenvalue weighted by molar-refractivity contribution is 6.75. The van der Waals surface area contributed by atoms with Gasteiger partial charge in [-0.1, -0.05) is 43.3 Å². The van der Waals surface area contributed by atoms with Crippen LogP contribution in [0.2, 0.25) is 30.2 Å². The minimum atomic E-state index is -4.20. The molecule has 0 bridgehead atoms. The quantitative estimate of drug-likeness (QED) is 0.0674. The number of nitrogens with one attached hydrogen (secondary N) is 1. The van der Waals surface area contributed by atoms with Gasteiger partial charge in [-0.2, -0.15) is 18.4 Å². The third kappa shape index (κ3) is 36.1. The Kier molecular flexibility index (Phi) is 54.0. The maximum absolute atomic E-state index is 11.9. The van der Waals surface area contributed by atoms with Crippen LogP contribution >= 0.6 is 0 Å². The summed E-state index contributed by atoms with van der Waals surface area (Å²) in [6.45, 7) is 13.1. The maximum Gasteiger partial charge on any atom is 0.536 e. The molecule has 1 rings (SSSR count). The zero-order chi connectivity index (χ0) is 53.4. The van der Waals surface area contributed by atoms with Gasteiger partial charge in [0.15, 0.2) is 0 Å². The summed E-state index contributed by atoms with van der Waals surface area (Å²) in [7, 11) is 6.70. The van der Waals surface area contributed by atoms with Gasteiger partial charge in [-0.3, -0.25) is 0 Å². The van der Waals surface area contributed by atoms with Gasteiger partial charge >= 0.3 is 50.2 Å². The van der Waals surface area contributed by atoms with E-state index in [4.69, 9.17) is 83.1 Å². The average Bonchev–Trinajstić information content (AvgIpc) is 3.36. The highest BCUT2D eigenvalue weighted by Gasteiger charge is 2.43. The summed E-state index contributed by atoms with van der Waals surface area (Å²) < 4.78 is 114. The highest BCUT2D eigenvalue weighted by atomic mass is 28.4. The predicted octanol–water partition coefficient (Wildman–Crippen LogP) is 4.34. The number of halogens is 3. The van der Waals surface area contributed by atoms with Crippen molar-refractivity contribution < 1.29 is 79.6 Å². The van der Waals surface area contributed by atoms with Crippen molar-refractivity contribution in [1.29, 1.82) is 5.26 Å². The zero-order valence-corrected chi connectivity index (χ0v) is 51.6. The van der Waals surface area contributed by atoms with Crippen LogP contribution in [0, 0.1) is 11.3 Å². The first-order chi connectivity index (χ1) is 32.3. The van der Waals surface area contributed by atoms with Crippen LogP contribution in [0.3, 0.4) is 0 Å². The summed E-state index contributed by atoms with van der Waals surface area (Å²) >= 11 is 0. The third-order valence-electron chi connectivity index (χ3n) is 8.93. The van der Waals surface area contributed by atoms with Crippen LogP contribution in [0.25, 0.3) is 0 Å². The molecule has 0 fully saturated rings. The van der Waals surface area contributed by atoms with Gasteiger partial charge in [-0.25, -0.2) is 0 Å². The van der Waals surface area contributed by atoms with Crippen molar-refractivity contribution >= 4 is 59.5 Å². The Morgan fingerprint density at radius 2 is 0.912 bits per heavy atom. The maximum atomic E-state index is 11.9. The molecular weight excluding hydrogens is 1000 g/mol. The molecule has 1 aromatic rings. The van der Waals surface area contributed by atoms with Crippen molar-refractivity contribution in [3.05, 3.63) is 30.3 Å². The van der Waals surface area contributed by atoms with Crippen LogP contribution in [0.15, 0.2) is 30.3 Å². The van der Waals surface area contributed by atoms with Crippen molar-refractivity contribution in [1.82, 2.24) is 5.32 Å². The Hall–Kier alpha value is -0.919. The molecule has 0 spiro atoms. The van der Waals surface area contributed by atoms with Gasteiger partial charge in [0.25, 0.3) is 0 Å².